The van der Waals surface area contributed by atoms with E-state index in [1.54, 1.807) is 0 Å². The zero-order valence-electron chi connectivity index (χ0n) is 15.0. The Morgan fingerprint density at radius 3 is 1.70 bits per heavy atom. The molecule has 0 amide bonds. The highest BCUT2D eigenvalue weighted by atomic mass is 32.1. The molecule has 0 aliphatic carbocycles. The van der Waals surface area contributed by atoms with Crippen molar-refractivity contribution in [3.63, 3.8) is 0 Å². The van der Waals surface area contributed by atoms with Crippen molar-refractivity contribution in [1.82, 2.24) is 0 Å². The highest BCUT2D eigenvalue weighted by Crippen LogP contribution is 2.86. The fraction of sp³-hybridized carbons (Fsp3) is 1.00. The lowest BCUT2D eigenvalue weighted by Gasteiger charge is -2.45. The highest BCUT2D eigenvalue weighted by molar-refractivity contribution is 8.32. The van der Waals surface area contributed by atoms with Crippen LogP contribution in [-0.2, 0) is 9.09 Å². The van der Waals surface area contributed by atoms with E-state index in [1.807, 2.05) is 0 Å². The maximum atomic E-state index is 13.6. The second kappa shape index (κ2) is 8.30. The first kappa shape index (κ1) is 20.6. The monoisotopic (exact) mass is 322 g/mol. The van der Waals surface area contributed by atoms with Gasteiger partial charge in [-0.25, -0.2) is 0 Å². The molecule has 0 aliphatic rings. The molecule has 0 radical (unpaired) electrons. The molecule has 1 atom stereocenters. The first-order chi connectivity index (χ1) is 8.99. The molecule has 0 rings (SSSR count). The summed E-state index contributed by atoms with van der Waals surface area (Å²) in [5.41, 5.74) is 0. The first-order valence-electron chi connectivity index (χ1n) is 8.03. The van der Waals surface area contributed by atoms with Crippen molar-refractivity contribution in [1.29, 1.82) is 0 Å². The molecular weight excluding hydrogens is 286 g/mol. The van der Waals surface area contributed by atoms with Crippen LogP contribution in [0.5, 0.6) is 0 Å². The Labute approximate surface area is 128 Å². The van der Waals surface area contributed by atoms with E-state index in [0.717, 1.165) is 31.8 Å². The minimum absolute atomic E-state index is 0.0586. The average Bonchev–Trinajstić information content (AvgIpc) is 2.22. The SMILES string of the molecule is CCCCOP(=O)(CCCC)P(C(C)(C)C)C(C)(C)C. The van der Waals surface area contributed by atoms with E-state index in [-0.39, 0.29) is 10.3 Å². The van der Waals surface area contributed by atoms with Crippen LogP contribution in [0.1, 0.15) is 81.1 Å². The van der Waals surface area contributed by atoms with Crippen molar-refractivity contribution >= 4 is 14.7 Å². The molecule has 0 aromatic rings. The summed E-state index contributed by atoms with van der Waals surface area (Å²) in [6, 6.07) is 0. The third kappa shape index (κ3) is 6.59. The maximum absolute atomic E-state index is 13.6. The van der Waals surface area contributed by atoms with Crippen molar-refractivity contribution in [2.75, 3.05) is 12.8 Å². The fourth-order valence-corrected chi connectivity index (χ4v) is 15.4. The van der Waals surface area contributed by atoms with Gasteiger partial charge in [-0.2, -0.15) is 0 Å². The maximum Gasteiger partial charge on any atom is 0.223 e. The van der Waals surface area contributed by atoms with Crippen LogP contribution in [0.15, 0.2) is 0 Å². The van der Waals surface area contributed by atoms with E-state index >= 15 is 0 Å². The average molecular weight is 322 g/mol. The molecule has 20 heavy (non-hydrogen) atoms. The van der Waals surface area contributed by atoms with E-state index in [9.17, 15) is 4.57 Å². The lowest BCUT2D eigenvalue weighted by molar-refractivity contribution is 0.314. The predicted molar refractivity (Wildman–Crippen MR) is 94.7 cm³/mol. The largest absolute Gasteiger partial charge is 0.326 e. The molecular formula is C16H36O2P2. The Morgan fingerprint density at radius 2 is 1.35 bits per heavy atom. The molecule has 0 aromatic heterocycles. The quantitative estimate of drug-likeness (QED) is 0.360. The molecule has 0 saturated carbocycles. The Balaban J connectivity index is 5.36. The number of hydrogen-bond acceptors (Lipinski definition) is 2. The van der Waals surface area contributed by atoms with Crippen LogP contribution in [0.3, 0.4) is 0 Å². The summed E-state index contributed by atoms with van der Waals surface area (Å²) in [5.74, 6) is 0. The molecule has 0 heterocycles. The lowest BCUT2D eigenvalue weighted by Crippen LogP contribution is -2.26. The summed E-state index contributed by atoms with van der Waals surface area (Å²) in [6.07, 6.45) is 4.95. The Morgan fingerprint density at radius 1 is 0.900 bits per heavy atom. The summed E-state index contributed by atoms with van der Waals surface area (Å²) in [5, 5.41) is 0.117. The Kier molecular flexibility index (Phi) is 8.56. The lowest BCUT2D eigenvalue weighted by atomic mass is 10.2. The van der Waals surface area contributed by atoms with Crippen molar-refractivity contribution in [2.45, 2.75) is 91.4 Å². The van der Waals surface area contributed by atoms with E-state index in [0.29, 0.717) is 6.61 Å². The van der Waals surface area contributed by atoms with E-state index in [4.69, 9.17) is 4.52 Å². The standard InChI is InChI=1S/C16H36O2P2/c1-9-11-13-18-20(17,14-12-10-2)19(15(3,4)5)16(6,7)8/h9-14H2,1-8H3. The molecule has 1 unspecified atom stereocenters. The summed E-state index contributed by atoms with van der Waals surface area (Å²) in [7, 11) is -3.24. The van der Waals surface area contributed by atoms with Crippen LogP contribution in [0, 0.1) is 0 Å². The molecule has 0 aliphatic heterocycles. The van der Waals surface area contributed by atoms with Crippen LogP contribution in [0.2, 0.25) is 0 Å². The van der Waals surface area contributed by atoms with E-state index in [2.05, 4.69) is 55.4 Å². The van der Waals surface area contributed by atoms with Gasteiger partial charge in [0, 0.05) is 6.16 Å². The second-order valence-corrected chi connectivity index (χ2v) is 15.9. The van der Waals surface area contributed by atoms with Gasteiger partial charge in [0.15, 0.2) is 0 Å². The molecule has 2 nitrogen and oxygen atoms in total. The van der Waals surface area contributed by atoms with Crippen molar-refractivity contribution in [3.05, 3.63) is 0 Å². The van der Waals surface area contributed by atoms with Gasteiger partial charge in [-0.05, 0) is 30.8 Å². The van der Waals surface area contributed by atoms with Crippen molar-refractivity contribution in [3.8, 4) is 0 Å². The predicted octanol–water partition coefficient (Wildman–Crippen LogP) is 6.88. The van der Waals surface area contributed by atoms with Crippen LogP contribution < -0.4 is 0 Å². The summed E-state index contributed by atoms with van der Waals surface area (Å²) >= 11 is 0. The molecule has 0 bridgehead atoms. The Hall–Kier alpha value is 0.620. The highest BCUT2D eigenvalue weighted by Gasteiger charge is 2.47. The molecule has 0 N–H and O–H groups in total. The Bertz CT molecular complexity index is 299. The third-order valence-corrected chi connectivity index (χ3v) is 14.2. The fourth-order valence-electron chi connectivity index (χ4n) is 2.85. The first-order valence-corrected chi connectivity index (χ1v) is 11.9. The molecule has 0 aromatic carbocycles. The van der Waals surface area contributed by atoms with Gasteiger partial charge in [0.1, 0.15) is 0 Å². The van der Waals surface area contributed by atoms with Crippen LogP contribution >= 0.6 is 14.7 Å². The summed E-state index contributed by atoms with van der Waals surface area (Å²) < 4.78 is 19.7. The number of rotatable bonds is 8. The van der Waals surface area contributed by atoms with Crippen LogP contribution in [-0.4, -0.2) is 23.1 Å². The van der Waals surface area contributed by atoms with Gasteiger partial charge < -0.3 is 4.52 Å². The molecule has 0 saturated heterocycles. The van der Waals surface area contributed by atoms with E-state index in [1.165, 1.54) is 0 Å². The van der Waals surface area contributed by atoms with Gasteiger partial charge >= 0.3 is 0 Å². The third-order valence-electron chi connectivity index (χ3n) is 3.16. The zero-order valence-corrected chi connectivity index (χ0v) is 16.7. The molecule has 0 fully saturated rings. The van der Waals surface area contributed by atoms with Gasteiger partial charge in [-0.15, -0.1) is 0 Å². The number of unbranched alkanes of at least 4 members (excludes halogenated alkanes) is 2. The molecule has 0 spiro atoms. The van der Waals surface area contributed by atoms with Crippen molar-refractivity contribution in [2.24, 2.45) is 0 Å². The smallest absolute Gasteiger partial charge is 0.223 e. The van der Waals surface area contributed by atoms with Gasteiger partial charge in [0.2, 0.25) is 7.06 Å². The van der Waals surface area contributed by atoms with Crippen molar-refractivity contribution < 1.29 is 9.09 Å². The second-order valence-electron chi connectivity index (χ2n) is 7.55. The molecule has 4 heteroatoms. The molecule has 122 valence electrons. The van der Waals surface area contributed by atoms with Gasteiger partial charge in [0.25, 0.3) is 0 Å². The summed E-state index contributed by atoms with van der Waals surface area (Å²) in [6.45, 7) is 18.3. The van der Waals surface area contributed by atoms with E-state index < -0.39 is 14.7 Å². The minimum atomic E-state index is -2.55. The minimum Gasteiger partial charge on any atom is -0.326 e. The van der Waals surface area contributed by atoms with Crippen LogP contribution in [0.25, 0.3) is 0 Å². The van der Waals surface area contributed by atoms with Gasteiger partial charge in [0.05, 0.1) is 6.61 Å². The van der Waals surface area contributed by atoms with Gasteiger partial charge in [-0.3, -0.25) is 4.57 Å². The topological polar surface area (TPSA) is 26.3 Å². The van der Waals surface area contributed by atoms with Crippen LogP contribution in [0.4, 0.5) is 0 Å². The normalized spacial score (nSPS) is 16.4. The number of hydrogen-bond donors (Lipinski definition) is 0. The summed E-state index contributed by atoms with van der Waals surface area (Å²) in [4.78, 5) is 0. The van der Waals surface area contributed by atoms with Gasteiger partial charge in [-0.1, -0.05) is 68.2 Å². The zero-order chi connectivity index (χ0) is 16.0.